The lowest BCUT2D eigenvalue weighted by Crippen LogP contribution is -2.35. The highest BCUT2D eigenvalue weighted by Gasteiger charge is 2.23. The van der Waals surface area contributed by atoms with E-state index in [-0.39, 0.29) is 11.7 Å². The van der Waals surface area contributed by atoms with E-state index >= 15 is 0 Å². The summed E-state index contributed by atoms with van der Waals surface area (Å²) in [5.74, 6) is 0.910. The number of halogens is 1. The Bertz CT molecular complexity index is 779. The Balaban J connectivity index is 1.67. The molecule has 3 rings (SSSR count). The van der Waals surface area contributed by atoms with Crippen LogP contribution in [0.3, 0.4) is 0 Å². The van der Waals surface area contributed by atoms with Gasteiger partial charge < -0.3 is 14.4 Å². The molecule has 2 aromatic rings. The van der Waals surface area contributed by atoms with E-state index in [4.69, 9.17) is 9.47 Å². The highest BCUT2D eigenvalue weighted by molar-refractivity contribution is 5.97. The van der Waals surface area contributed by atoms with E-state index in [0.717, 1.165) is 31.6 Å². The average molecular weight is 372 g/mol. The van der Waals surface area contributed by atoms with Crippen LogP contribution in [0.2, 0.25) is 0 Å². The van der Waals surface area contributed by atoms with Gasteiger partial charge in [-0.2, -0.15) is 0 Å². The van der Waals surface area contributed by atoms with Crippen LogP contribution in [0.4, 0.5) is 4.39 Å². The summed E-state index contributed by atoms with van der Waals surface area (Å²) in [5.41, 5.74) is 1.59. The van der Waals surface area contributed by atoms with Crippen LogP contribution in [0.1, 0.15) is 22.3 Å². The third-order valence-electron chi connectivity index (χ3n) is 4.83. The molecule has 0 aromatic heterocycles. The van der Waals surface area contributed by atoms with Crippen LogP contribution in [-0.2, 0) is 6.54 Å². The minimum absolute atomic E-state index is 0.0469. The Morgan fingerprint density at radius 3 is 2.48 bits per heavy atom. The molecule has 0 spiro atoms. The number of amides is 1. The van der Waals surface area contributed by atoms with Crippen LogP contribution in [-0.4, -0.2) is 56.1 Å². The van der Waals surface area contributed by atoms with Crippen LogP contribution >= 0.6 is 0 Å². The number of nitrogens with zero attached hydrogens (tertiary/aromatic N) is 2. The summed E-state index contributed by atoms with van der Waals surface area (Å²) in [6.45, 7) is 3.76. The molecule has 5 nitrogen and oxygen atoms in total. The van der Waals surface area contributed by atoms with Crippen molar-refractivity contribution in [2.24, 2.45) is 0 Å². The van der Waals surface area contributed by atoms with E-state index in [9.17, 15) is 9.18 Å². The van der Waals surface area contributed by atoms with Gasteiger partial charge in [-0.15, -0.1) is 0 Å². The van der Waals surface area contributed by atoms with Crippen molar-refractivity contribution in [3.8, 4) is 11.5 Å². The van der Waals surface area contributed by atoms with Gasteiger partial charge in [-0.25, -0.2) is 4.39 Å². The Hall–Kier alpha value is -2.60. The minimum Gasteiger partial charge on any atom is -0.497 e. The van der Waals surface area contributed by atoms with E-state index in [1.165, 1.54) is 12.1 Å². The highest BCUT2D eigenvalue weighted by Crippen LogP contribution is 2.25. The number of carbonyl (C=O) groups excluding carboxylic acids is 1. The molecule has 1 aliphatic heterocycles. The van der Waals surface area contributed by atoms with Gasteiger partial charge in [-0.3, -0.25) is 9.69 Å². The van der Waals surface area contributed by atoms with E-state index in [0.29, 0.717) is 30.2 Å². The number of benzene rings is 2. The molecule has 6 heteroatoms. The van der Waals surface area contributed by atoms with Crippen LogP contribution in [0, 0.1) is 5.82 Å². The van der Waals surface area contributed by atoms with Gasteiger partial charge in [0.2, 0.25) is 0 Å². The molecule has 0 unspecified atom stereocenters. The van der Waals surface area contributed by atoms with Crippen LogP contribution < -0.4 is 9.47 Å². The predicted molar refractivity (Wildman–Crippen MR) is 102 cm³/mol. The molecule has 1 heterocycles. The number of methoxy groups -OCH3 is 2. The fourth-order valence-corrected chi connectivity index (χ4v) is 3.33. The van der Waals surface area contributed by atoms with Crippen LogP contribution in [0.5, 0.6) is 11.5 Å². The Labute approximate surface area is 159 Å². The molecule has 27 heavy (non-hydrogen) atoms. The Kier molecular flexibility index (Phi) is 6.29. The van der Waals surface area contributed by atoms with Gasteiger partial charge in [0.15, 0.2) is 0 Å². The molecule has 0 bridgehead atoms. The molecule has 2 aromatic carbocycles. The zero-order chi connectivity index (χ0) is 19.2. The zero-order valence-electron chi connectivity index (χ0n) is 15.8. The second-order valence-corrected chi connectivity index (χ2v) is 6.61. The molecular weight excluding hydrogens is 347 g/mol. The third kappa shape index (κ3) is 4.77. The van der Waals surface area contributed by atoms with Gasteiger partial charge >= 0.3 is 0 Å². The van der Waals surface area contributed by atoms with E-state index in [1.54, 1.807) is 32.4 Å². The van der Waals surface area contributed by atoms with E-state index in [2.05, 4.69) is 4.90 Å². The molecule has 1 saturated heterocycles. The molecule has 0 N–H and O–H groups in total. The molecule has 0 saturated carbocycles. The van der Waals surface area contributed by atoms with Crippen LogP contribution in [0.25, 0.3) is 0 Å². The Morgan fingerprint density at radius 1 is 1.00 bits per heavy atom. The maximum atomic E-state index is 13.1. The van der Waals surface area contributed by atoms with Gasteiger partial charge in [0, 0.05) is 32.7 Å². The van der Waals surface area contributed by atoms with Gasteiger partial charge in [-0.1, -0.05) is 12.1 Å². The Morgan fingerprint density at radius 2 is 1.78 bits per heavy atom. The third-order valence-corrected chi connectivity index (χ3v) is 4.83. The summed E-state index contributed by atoms with van der Waals surface area (Å²) in [7, 11) is 3.14. The van der Waals surface area contributed by atoms with Crippen molar-refractivity contribution in [2.45, 2.75) is 13.0 Å². The van der Waals surface area contributed by atoms with Crippen molar-refractivity contribution in [1.82, 2.24) is 9.80 Å². The van der Waals surface area contributed by atoms with Gasteiger partial charge in [0.05, 0.1) is 19.8 Å². The standard InChI is InChI=1S/C21H25FN2O3/c1-26-18-8-9-20(27-2)19(14-18)21(25)24-11-3-10-23(12-13-24)15-16-4-6-17(22)7-5-16/h4-9,14H,3,10-13,15H2,1-2H3. The van der Waals surface area contributed by atoms with Crippen LogP contribution in [0.15, 0.2) is 42.5 Å². The number of hydrogen-bond acceptors (Lipinski definition) is 4. The number of hydrogen-bond donors (Lipinski definition) is 0. The largest absolute Gasteiger partial charge is 0.497 e. The second-order valence-electron chi connectivity index (χ2n) is 6.61. The first kappa shape index (κ1) is 19.2. The lowest BCUT2D eigenvalue weighted by atomic mass is 10.1. The monoisotopic (exact) mass is 372 g/mol. The fourth-order valence-electron chi connectivity index (χ4n) is 3.33. The van der Waals surface area contributed by atoms with E-state index < -0.39 is 0 Å². The first-order valence-corrected chi connectivity index (χ1v) is 9.09. The zero-order valence-corrected chi connectivity index (χ0v) is 15.8. The first-order chi connectivity index (χ1) is 13.1. The lowest BCUT2D eigenvalue weighted by molar-refractivity contribution is 0.0757. The maximum absolute atomic E-state index is 13.1. The van der Waals surface area contributed by atoms with Gasteiger partial charge in [-0.05, 0) is 42.3 Å². The molecule has 1 fully saturated rings. The second kappa shape index (κ2) is 8.86. The van der Waals surface area contributed by atoms with Gasteiger partial charge in [0.1, 0.15) is 17.3 Å². The molecule has 0 atom stereocenters. The molecular formula is C21H25FN2O3. The molecule has 1 amide bonds. The van der Waals surface area contributed by atoms with E-state index in [1.807, 2.05) is 17.0 Å². The van der Waals surface area contributed by atoms with Crippen molar-refractivity contribution in [3.05, 3.63) is 59.4 Å². The quantitative estimate of drug-likeness (QED) is 0.808. The number of carbonyl (C=O) groups is 1. The number of ether oxygens (including phenoxy) is 2. The summed E-state index contributed by atoms with van der Waals surface area (Å²) >= 11 is 0. The number of rotatable bonds is 5. The molecule has 144 valence electrons. The minimum atomic E-state index is -0.223. The average Bonchev–Trinajstić information content (AvgIpc) is 2.94. The smallest absolute Gasteiger partial charge is 0.257 e. The van der Waals surface area contributed by atoms with Crippen molar-refractivity contribution in [1.29, 1.82) is 0 Å². The SMILES string of the molecule is COc1ccc(OC)c(C(=O)N2CCCN(Cc3ccc(F)cc3)CC2)c1. The summed E-state index contributed by atoms with van der Waals surface area (Å²) < 4.78 is 23.7. The van der Waals surface area contributed by atoms with Crippen molar-refractivity contribution in [2.75, 3.05) is 40.4 Å². The summed E-state index contributed by atoms with van der Waals surface area (Å²) in [6.07, 6.45) is 0.888. The van der Waals surface area contributed by atoms with Crippen molar-refractivity contribution in [3.63, 3.8) is 0 Å². The highest BCUT2D eigenvalue weighted by atomic mass is 19.1. The normalized spacial score (nSPS) is 15.3. The topological polar surface area (TPSA) is 42.0 Å². The summed E-state index contributed by atoms with van der Waals surface area (Å²) in [5, 5.41) is 0. The molecule has 0 radical (unpaired) electrons. The molecule has 0 aliphatic carbocycles. The first-order valence-electron chi connectivity index (χ1n) is 9.09. The fraction of sp³-hybridized carbons (Fsp3) is 0.381. The lowest BCUT2D eigenvalue weighted by Gasteiger charge is -2.23. The van der Waals surface area contributed by atoms with Crippen molar-refractivity contribution >= 4 is 5.91 Å². The summed E-state index contributed by atoms with van der Waals surface area (Å²) in [6, 6.07) is 11.8. The predicted octanol–water partition coefficient (Wildman–Crippen LogP) is 3.19. The van der Waals surface area contributed by atoms with Gasteiger partial charge in [0.25, 0.3) is 5.91 Å². The van der Waals surface area contributed by atoms with Crippen molar-refractivity contribution < 1.29 is 18.7 Å². The molecule has 1 aliphatic rings. The maximum Gasteiger partial charge on any atom is 0.257 e. The summed E-state index contributed by atoms with van der Waals surface area (Å²) in [4.78, 5) is 17.2.